The van der Waals surface area contributed by atoms with Crippen molar-refractivity contribution < 1.29 is 0 Å². The monoisotopic (exact) mass is 229 g/mol. The lowest BCUT2D eigenvalue weighted by Crippen LogP contribution is -2.49. The molecule has 0 bridgehead atoms. The van der Waals surface area contributed by atoms with Crippen molar-refractivity contribution in [2.75, 3.05) is 0 Å². The van der Waals surface area contributed by atoms with Crippen molar-refractivity contribution >= 4 is 5.65 Å². The number of fused-ring (bicyclic) bond motifs is 1. The summed E-state index contributed by atoms with van der Waals surface area (Å²) in [5, 5.41) is 3.68. The van der Waals surface area contributed by atoms with E-state index in [4.69, 9.17) is 0 Å². The molecule has 0 radical (unpaired) electrons. The fourth-order valence-corrected chi connectivity index (χ4v) is 2.61. The van der Waals surface area contributed by atoms with Gasteiger partial charge in [-0.15, -0.1) is 0 Å². The van der Waals surface area contributed by atoms with Crippen LogP contribution >= 0.6 is 0 Å². The minimum Gasteiger partial charge on any atom is -0.307 e. The van der Waals surface area contributed by atoms with E-state index in [2.05, 4.69) is 27.8 Å². The number of pyridine rings is 1. The standard InChI is InChI=1S/C14H19N3/c1-2-14(7-5-8-14)15-10-12-11-17-9-4-3-6-13(17)16-12/h3-4,6,9,11,15H,2,5,7-8,10H2,1H3. The van der Waals surface area contributed by atoms with Crippen molar-refractivity contribution in [3.05, 3.63) is 36.3 Å². The van der Waals surface area contributed by atoms with Gasteiger partial charge in [-0.1, -0.05) is 13.0 Å². The molecule has 3 nitrogen and oxygen atoms in total. The number of aromatic nitrogens is 2. The van der Waals surface area contributed by atoms with E-state index in [0.29, 0.717) is 5.54 Å². The number of hydrogen-bond acceptors (Lipinski definition) is 2. The van der Waals surface area contributed by atoms with Gasteiger partial charge >= 0.3 is 0 Å². The second-order valence-corrected chi connectivity index (χ2v) is 5.04. The molecule has 0 spiro atoms. The summed E-state index contributed by atoms with van der Waals surface area (Å²) in [7, 11) is 0. The molecule has 0 saturated heterocycles. The van der Waals surface area contributed by atoms with Gasteiger partial charge in [0.05, 0.1) is 5.69 Å². The van der Waals surface area contributed by atoms with Crippen LogP contribution in [0.1, 0.15) is 38.3 Å². The van der Waals surface area contributed by atoms with Crippen LogP contribution in [-0.4, -0.2) is 14.9 Å². The predicted molar refractivity (Wildman–Crippen MR) is 68.9 cm³/mol. The molecular formula is C14H19N3. The molecular weight excluding hydrogens is 210 g/mol. The maximum atomic E-state index is 4.61. The van der Waals surface area contributed by atoms with Crippen molar-refractivity contribution in [3.63, 3.8) is 0 Å². The molecule has 3 heteroatoms. The molecule has 1 fully saturated rings. The number of hydrogen-bond donors (Lipinski definition) is 1. The molecule has 0 unspecified atom stereocenters. The molecule has 17 heavy (non-hydrogen) atoms. The van der Waals surface area contributed by atoms with Crippen LogP contribution in [-0.2, 0) is 6.54 Å². The number of rotatable bonds is 4. The Morgan fingerprint density at radius 3 is 2.94 bits per heavy atom. The van der Waals surface area contributed by atoms with Crippen molar-refractivity contribution in [2.45, 2.75) is 44.7 Å². The van der Waals surface area contributed by atoms with E-state index >= 15 is 0 Å². The first kappa shape index (κ1) is 10.8. The topological polar surface area (TPSA) is 29.3 Å². The third-order valence-electron chi connectivity index (χ3n) is 4.05. The van der Waals surface area contributed by atoms with E-state index < -0.39 is 0 Å². The van der Waals surface area contributed by atoms with Gasteiger partial charge in [-0.3, -0.25) is 0 Å². The van der Waals surface area contributed by atoms with Crippen molar-refractivity contribution in [1.29, 1.82) is 0 Å². The van der Waals surface area contributed by atoms with Crippen LogP contribution in [0.3, 0.4) is 0 Å². The summed E-state index contributed by atoms with van der Waals surface area (Å²) in [6, 6.07) is 6.10. The fourth-order valence-electron chi connectivity index (χ4n) is 2.61. The average Bonchev–Trinajstić information content (AvgIpc) is 2.71. The Hall–Kier alpha value is -1.35. The Morgan fingerprint density at radius 2 is 2.29 bits per heavy atom. The Bertz CT molecular complexity index is 472. The first-order chi connectivity index (χ1) is 8.31. The summed E-state index contributed by atoms with van der Waals surface area (Å²) in [5.41, 5.74) is 2.56. The second kappa shape index (κ2) is 4.15. The van der Waals surface area contributed by atoms with E-state index in [-0.39, 0.29) is 0 Å². The minimum absolute atomic E-state index is 0.399. The molecule has 1 saturated carbocycles. The summed E-state index contributed by atoms with van der Waals surface area (Å²) in [6.07, 6.45) is 9.38. The summed E-state index contributed by atoms with van der Waals surface area (Å²) in [6.45, 7) is 3.16. The Balaban J connectivity index is 1.72. The van der Waals surface area contributed by atoms with E-state index in [1.807, 2.05) is 24.4 Å². The number of nitrogens with one attached hydrogen (secondary N) is 1. The van der Waals surface area contributed by atoms with Crippen LogP contribution in [0, 0.1) is 0 Å². The normalized spacial score (nSPS) is 18.2. The van der Waals surface area contributed by atoms with Crippen LogP contribution in [0.2, 0.25) is 0 Å². The van der Waals surface area contributed by atoms with Crippen molar-refractivity contribution in [1.82, 2.24) is 14.7 Å². The smallest absolute Gasteiger partial charge is 0.137 e. The van der Waals surface area contributed by atoms with Crippen LogP contribution in [0.4, 0.5) is 0 Å². The molecule has 2 aromatic rings. The lowest BCUT2D eigenvalue weighted by Gasteiger charge is -2.42. The average molecular weight is 229 g/mol. The van der Waals surface area contributed by atoms with Gasteiger partial charge in [-0.25, -0.2) is 4.98 Å². The second-order valence-electron chi connectivity index (χ2n) is 5.04. The molecule has 0 atom stereocenters. The van der Waals surface area contributed by atoms with Gasteiger partial charge in [-0.2, -0.15) is 0 Å². The number of imidazole rings is 1. The lowest BCUT2D eigenvalue weighted by molar-refractivity contribution is 0.175. The first-order valence-electron chi connectivity index (χ1n) is 6.49. The highest BCUT2D eigenvalue weighted by molar-refractivity contribution is 5.39. The van der Waals surface area contributed by atoms with Gasteiger partial charge in [0.1, 0.15) is 5.65 Å². The zero-order valence-electron chi connectivity index (χ0n) is 10.3. The van der Waals surface area contributed by atoms with Gasteiger partial charge in [0, 0.05) is 24.5 Å². The summed E-state index contributed by atoms with van der Waals surface area (Å²) >= 11 is 0. The molecule has 1 N–H and O–H groups in total. The highest BCUT2D eigenvalue weighted by atomic mass is 15.0. The SMILES string of the molecule is CCC1(NCc2cn3ccccc3n2)CCC1. The molecule has 2 aromatic heterocycles. The molecule has 0 aromatic carbocycles. The van der Waals surface area contributed by atoms with Crippen LogP contribution in [0.5, 0.6) is 0 Å². The molecule has 2 heterocycles. The summed E-state index contributed by atoms with van der Waals surface area (Å²) in [5.74, 6) is 0. The molecule has 3 rings (SSSR count). The number of nitrogens with zero attached hydrogens (tertiary/aromatic N) is 2. The van der Waals surface area contributed by atoms with E-state index in [0.717, 1.165) is 17.9 Å². The van der Waals surface area contributed by atoms with Gasteiger partial charge in [0.15, 0.2) is 0 Å². The first-order valence-corrected chi connectivity index (χ1v) is 6.49. The van der Waals surface area contributed by atoms with Crippen LogP contribution < -0.4 is 5.32 Å². The Labute approximate surface area is 102 Å². The van der Waals surface area contributed by atoms with Crippen LogP contribution in [0.25, 0.3) is 5.65 Å². The molecule has 1 aliphatic rings. The van der Waals surface area contributed by atoms with E-state index in [1.54, 1.807) is 0 Å². The predicted octanol–water partition coefficient (Wildman–Crippen LogP) is 2.76. The van der Waals surface area contributed by atoms with Gasteiger partial charge in [0.25, 0.3) is 0 Å². The molecule has 0 amide bonds. The zero-order valence-corrected chi connectivity index (χ0v) is 10.3. The lowest BCUT2D eigenvalue weighted by atomic mass is 9.75. The minimum atomic E-state index is 0.399. The third kappa shape index (κ3) is 1.95. The van der Waals surface area contributed by atoms with Gasteiger partial charge in [-0.05, 0) is 37.8 Å². The van der Waals surface area contributed by atoms with E-state index in [1.165, 1.54) is 25.7 Å². The Morgan fingerprint density at radius 1 is 1.41 bits per heavy atom. The maximum Gasteiger partial charge on any atom is 0.137 e. The maximum absolute atomic E-state index is 4.61. The largest absolute Gasteiger partial charge is 0.307 e. The Kier molecular flexibility index (Phi) is 2.63. The zero-order chi connectivity index (χ0) is 11.7. The summed E-state index contributed by atoms with van der Waals surface area (Å²) < 4.78 is 2.08. The van der Waals surface area contributed by atoms with Gasteiger partial charge < -0.3 is 9.72 Å². The van der Waals surface area contributed by atoms with Crippen molar-refractivity contribution in [2.24, 2.45) is 0 Å². The molecule has 90 valence electrons. The molecule has 0 aliphatic heterocycles. The van der Waals surface area contributed by atoms with Gasteiger partial charge in [0.2, 0.25) is 0 Å². The fraction of sp³-hybridized carbons (Fsp3) is 0.500. The highest BCUT2D eigenvalue weighted by Crippen LogP contribution is 2.34. The highest BCUT2D eigenvalue weighted by Gasteiger charge is 2.34. The summed E-state index contributed by atoms with van der Waals surface area (Å²) in [4.78, 5) is 4.61. The molecule has 1 aliphatic carbocycles. The third-order valence-corrected chi connectivity index (χ3v) is 4.05. The van der Waals surface area contributed by atoms with Crippen molar-refractivity contribution in [3.8, 4) is 0 Å². The quantitative estimate of drug-likeness (QED) is 0.873. The van der Waals surface area contributed by atoms with Crippen LogP contribution in [0.15, 0.2) is 30.6 Å². The van der Waals surface area contributed by atoms with E-state index in [9.17, 15) is 0 Å².